The third-order valence-electron chi connectivity index (χ3n) is 7.11. The monoisotopic (exact) mass is 513 g/mol. The van der Waals surface area contributed by atoms with Crippen molar-refractivity contribution in [3.8, 4) is 0 Å². The molecule has 37 heavy (non-hydrogen) atoms. The van der Waals surface area contributed by atoms with Gasteiger partial charge in [0.2, 0.25) is 0 Å². The lowest BCUT2D eigenvalue weighted by molar-refractivity contribution is -0.123. The van der Waals surface area contributed by atoms with Gasteiger partial charge < -0.3 is 25.4 Å². The highest BCUT2D eigenvalue weighted by Crippen LogP contribution is 2.37. The van der Waals surface area contributed by atoms with Crippen LogP contribution in [0.4, 0.5) is 5.82 Å². The third kappa shape index (κ3) is 6.73. The largest absolute Gasteiger partial charge is 0.483 e. The smallest absolute Gasteiger partial charge is 0.290 e. The van der Waals surface area contributed by atoms with Crippen molar-refractivity contribution in [2.45, 2.75) is 51.6 Å². The minimum absolute atomic E-state index is 0.178. The first-order valence-corrected chi connectivity index (χ1v) is 12.5. The summed E-state index contributed by atoms with van der Waals surface area (Å²) in [4.78, 5) is 51.3. The molecule has 0 saturated carbocycles. The van der Waals surface area contributed by atoms with Gasteiger partial charge in [0.15, 0.2) is 0 Å². The number of amides is 1. The Morgan fingerprint density at radius 1 is 1.05 bits per heavy atom. The molecule has 3 aliphatic heterocycles. The van der Waals surface area contributed by atoms with E-state index in [9.17, 15) is 9.59 Å². The average molecular weight is 514 g/mol. The van der Waals surface area contributed by atoms with E-state index in [4.69, 9.17) is 25.5 Å². The van der Waals surface area contributed by atoms with Crippen molar-refractivity contribution in [2.75, 3.05) is 31.1 Å². The fourth-order valence-corrected chi connectivity index (χ4v) is 5.62. The fraction of sp³-hybridized carbons (Fsp3) is 0.500. The number of carbonyl (C=O) groups excluding carboxylic acids is 1. The minimum atomic E-state index is -0.447. The molecule has 2 fully saturated rings. The zero-order valence-corrected chi connectivity index (χ0v) is 21.1. The number of aryl methyl sites for hydroxylation is 1. The van der Waals surface area contributed by atoms with E-state index in [0.29, 0.717) is 17.3 Å². The molecule has 1 amide bonds. The summed E-state index contributed by atoms with van der Waals surface area (Å²) in [6.07, 6.45) is 4.82. The predicted molar refractivity (Wildman–Crippen MR) is 138 cm³/mol. The van der Waals surface area contributed by atoms with Crippen LogP contribution < -0.4 is 16.2 Å². The number of likely N-dealkylation sites (tertiary alicyclic amines) is 1. The summed E-state index contributed by atoms with van der Waals surface area (Å²) in [6.45, 7) is 6.63. The Morgan fingerprint density at radius 2 is 1.73 bits per heavy atom. The zero-order valence-electron chi connectivity index (χ0n) is 21.1. The molecule has 200 valence electrons. The third-order valence-corrected chi connectivity index (χ3v) is 7.11. The molecular formula is C26H35N5O6. The van der Waals surface area contributed by atoms with Crippen LogP contribution in [0.15, 0.2) is 29.1 Å². The SMILES string of the molecule is Cc1ccc(C(N)=O)c(N2C[C@@H]3C[C@H](C2)c2ccc(CN4CCCCC4)c(=O)n2C3)n1.O=CO.O=CO. The number of piperidine rings is 2. The molecule has 2 bridgehead atoms. The Kier molecular flexibility index (Phi) is 9.78. The average Bonchev–Trinajstić information content (AvgIpc) is 2.87. The molecule has 11 nitrogen and oxygen atoms in total. The number of carboxylic acid groups (broad SMARTS) is 2. The van der Waals surface area contributed by atoms with Gasteiger partial charge in [0.05, 0.1) is 5.56 Å². The van der Waals surface area contributed by atoms with Gasteiger partial charge in [-0.3, -0.25) is 24.1 Å². The van der Waals surface area contributed by atoms with Crippen molar-refractivity contribution in [1.82, 2.24) is 14.5 Å². The van der Waals surface area contributed by atoms with Crippen LogP contribution in [0.25, 0.3) is 0 Å². The van der Waals surface area contributed by atoms with Crippen molar-refractivity contribution >= 4 is 24.7 Å². The maximum absolute atomic E-state index is 13.3. The normalized spacial score (nSPS) is 20.3. The van der Waals surface area contributed by atoms with Gasteiger partial charge in [0, 0.05) is 49.0 Å². The lowest BCUT2D eigenvalue weighted by Crippen LogP contribution is -2.48. The predicted octanol–water partition coefficient (Wildman–Crippen LogP) is 1.66. The number of aromatic nitrogens is 2. The van der Waals surface area contributed by atoms with E-state index in [1.54, 1.807) is 6.07 Å². The van der Waals surface area contributed by atoms with Gasteiger partial charge in [0.1, 0.15) is 5.82 Å². The molecule has 4 N–H and O–H groups in total. The number of fused-ring (bicyclic) bond motifs is 4. The van der Waals surface area contributed by atoms with Crippen LogP contribution in [0.1, 0.15) is 58.9 Å². The molecule has 5 rings (SSSR count). The molecule has 2 aromatic heterocycles. The molecule has 3 aliphatic rings. The number of primary amides is 1. The first-order chi connectivity index (χ1) is 17.8. The van der Waals surface area contributed by atoms with Crippen LogP contribution in [0.2, 0.25) is 0 Å². The number of rotatable bonds is 4. The summed E-state index contributed by atoms with van der Waals surface area (Å²) in [6, 6.07) is 7.80. The Bertz CT molecular complexity index is 1150. The van der Waals surface area contributed by atoms with Gasteiger partial charge in [0.25, 0.3) is 24.4 Å². The molecule has 0 radical (unpaired) electrons. The van der Waals surface area contributed by atoms with Gasteiger partial charge in [-0.1, -0.05) is 12.5 Å². The highest BCUT2D eigenvalue weighted by atomic mass is 16.3. The highest BCUT2D eigenvalue weighted by Gasteiger charge is 2.36. The molecule has 2 aromatic rings. The summed E-state index contributed by atoms with van der Waals surface area (Å²) in [5.74, 6) is 0.849. The highest BCUT2D eigenvalue weighted by molar-refractivity contribution is 5.97. The number of pyridine rings is 2. The van der Waals surface area contributed by atoms with E-state index in [2.05, 4.69) is 20.9 Å². The molecule has 0 aromatic carbocycles. The van der Waals surface area contributed by atoms with Crippen LogP contribution in [-0.4, -0.2) is 69.7 Å². The summed E-state index contributed by atoms with van der Waals surface area (Å²) in [5, 5.41) is 13.8. The number of anilines is 1. The second-order valence-electron chi connectivity index (χ2n) is 9.64. The zero-order chi connectivity index (χ0) is 26.9. The standard InChI is InChI=1S/C24H31N5O2.2CH2O2/c1-16-5-7-20(22(25)30)23(26-16)28-12-17-11-19(15-28)21-8-6-18(24(31)29(21)13-17)14-27-9-3-2-4-10-27;2*2-1-3/h5-8,17,19H,2-4,9-15H2,1H3,(H2,25,30);2*1H,(H,2,3)/t17-,19+;;/m0../s1. The van der Waals surface area contributed by atoms with E-state index in [1.165, 1.54) is 19.3 Å². The van der Waals surface area contributed by atoms with E-state index < -0.39 is 5.91 Å². The van der Waals surface area contributed by atoms with Gasteiger partial charge in [-0.15, -0.1) is 0 Å². The first-order valence-electron chi connectivity index (χ1n) is 12.5. The van der Waals surface area contributed by atoms with Crippen molar-refractivity contribution in [1.29, 1.82) is 0 Å². The van der Waals surface area contributed by atoms with Gasteiger partial charge in [-0.05, 0) is 63.4 Å². The molecular weight excluding hydrogens is 478 g/mol. The molecule has 0 unspecified atom stereocenters. The number of hydrogen-bond donors (Lipinski definition) is 3. The van der Waals surface area contributed by atoms with Gasteiger partial charge in [-0.2, -0.15) is 0 Å². The summed E-state index contributed by atoms with van der Waals surface area (Å²) < 4.78 is 2.02. The van der Waals surface area contributed by atoms with Crippen LogP contribution in [0, 0.1) is 12.8 Å². The molecule has 2 saturated heterocycles. The van der Waals surface area contributed by atoms with Crippen molar-refractivity contribution in [3.05, 3.63) is 57.1 Å². The molecule has 2 atom stereocenters. The lowest BCUT2D eigenvalue weighted by atomic mass is 9.82. The van der Waals surface area contributed by atoms with E-state index in [0.717, 1.165) is 62.6 Å². The first kappa shape index (κ1) is 27.9. The van der Waals surface area contributed by atoms with Crippen LogP contribution >= 0.6 is 0 Å². The van der Waals surface area contributed by atoms with E-state index >= 15 is 0 Å². The second kappa shape index (κ2) is 13.0. The topological polar surface area (TPSA) is 159 Å². The number of carbonyl (C=O) groups is 3. The van der Waals surface area contributed by atoms with Crippen molar-refractivity contribution in [2.24, 2.45) is 11.7 Å². The fourth-order valence-electron chi connectivity index (χ4n) is 5.62. The van der Waals surface area contributed by atoms with Crippen molar-refractivity contribution < 1.29 is 24.6 Å². The molecule has 0 spiro atoms. The number of nitrogens with two attached hydrogens (primary N) is 1. The Balaban J connectivity index is 0.000000580. The Hall–Kier alpha value is -3.73. The maximum Gasteiger partial charge on any atom is 0.290 e. The Labute approximate surface area is 215 Å². The summed E-state index contributed by atoms with van der Waals surface area (Å²) >= 11 is 0. The van der Waals surface area contributed by atoms with Gasteiger partial charge in [-0.25, -0.2) is 4.98 Å². The summed E-state index contributed by atoms with van der Waals surface area (Å²) in [7, 11) is 0. The Morgan fingerprint density at radius 3 is 2.38 bits per heavy atom. The quantitative estimate of drug-likeness (QED) is 0.517. The molecule has 11 heteroatoms. The van der Waals surface area contributed by atoms with Gasteiger partial charge >= 0.3 is 0 Å². The second-order valence-corrected chi connectivity index (χ2v) is 9.64. The number of nitrogens with zero attached hydrogens (tertiary/aromatic N) is 4. The lowest BCUT2D eigenvalue weighted by Gasteiger charge is -2.43. The van der Waals surface area contributed by atoms with Crippen molar-refractivity contribution in [3.63, 3.8) is 0 Å². The summed E-state index contributed by atoms with van der Waals surface area (Å²) in [5.41, 5.74) is 9.17. The van der Waals surface area contributed by atoms with Crippen LogP contribution in [-0.2, 0) is 22.7 Å². The maximum atomic E-state index is 13.3. The van der Waals surface area contributed by atoms with E-state index in [-0.39, 0.29) is 24.4 Å². The molecule has 0 aliphatic carbocycles. The number of hydrogen-bond acceptors (Lipinski definition) is 7. The van der Waals surface area contributed by atoms with Crippen LogP contribution in [0.3, 0.4) is 0 Å². The van der Waals surface area contributed by atoms with Crippen LogP contribution in [0.5, 0.6) is 0 Å². The minimum Gasteiger partial charge on any atom is -0.483 e. The van der Waals surface area contributed by atoms with E-state index in [1.807, 2.05) is 23.6 Å². The molecule has 5 heterocycles.